The SMILES string of the molecule is Cc1ccc(N2CCN(S(=O)(=O)Cc3ccc(F)cc3)CC2)nn1. The molecular formula is C16H19FN4O2S. The molecular weight excluding hydrogens is 331 g/mol. The molecule has 1 aliphatic heterocycles. The summed E-state index contributed by atoms with van der Waals surface area (Å²) in [5, 5.41) is 8.17. The number of anilines is 1. The molecule has 0 N–H and O–H groups in total. The van der Waals surface area contributed by atoms with Crippen molar-refractivity contribution in [3.63, 3.8) is 0 Å². The molecule has 0 unspecified atom stereocenters. The highest BCUT2D eigenvalue weighted by molar-refractivity contribution is 7.88. The first-order chi connectivity index (χ1) is 11.4. The second-order valence-corrected chi connectivity index (χ2v) is 7.77. The third-order valence-corrected chi connectivity index (χ3v) is 5.85. The van der Waals surface area contributed by atoms with Crippen LogP contribution in [0.4, 0.5) is 10.2 Å². The van der Waals surface area contributed by atoms with Crippen LogP contribution in [0.1, 0.15) is 11.3 Å². The highest BCUT2D eigenvalue weighted by Crippen LogP contribution is 2.17. The van der Waals surface area contributed by atoms with Crippen LogP contribution in [-0.2, 0) is 15.8 Å². The summed E-state index contributed by atoms with van der Waals surface area (Å²) in [7, 11) is -3.41. The number of rotatable bonds is 4. The van der Waals surface area contributed by atoms with Crippen LogP contribution in [0.2, 0.25) is 0 Å². The standard InChI is InChI=1S/C16H19FN4O2S/c1-13-2-7-16(19-18-13)20-8-10-21(11-9-20)24(22,23)12-14-3-5-15(17)6-4-14/h2-7H,8-12H2,1H3. The number of sulfonamides is 1. The van der Waals surface area contributed by atoms with Crippen LogP contribution in [0.15, 0.2) is 36.4 Å². The van der Waals surface area contributed by atoms with Crippen molar-refractivity contribution in [2.45, 2.75) is 12.7 Å². The van der Waals surface area contributed by atoms with Gasteiger partial charge in [-0.25, -0.2) is 12.8 Å². The van der Waals surface area contributed by atoms with E-state index in [9.17, 15) is 12.8 Å². The summed E-state index contributed by atoms with van der Waals surface area (Å²) in [5.74, 6) is 0.276. The number of halogens is 1. The van der Waals surface area contributed by atoms with Gasteiger partial charge in [0.1, 0.15) is 5.82 Å². The maximum Gasteiger partial charge on any atom is 0.218 e. The van der Waals surface area contributed by atoms with Gasteiger partial charge in [-0.05, 0) is 36.8 Å². The quantitative estimate of drug-likeness (QED) is 0.837. The molecule has 24 heavy (non-hydrogen) atoms. The fourth-order valence-electron chi connectivity index (χ4n) is 2.64. The van der Waals surface area contributed by atoms with Crippen LogP contribution in [0.3, 0.4) is 0 Å². The Morgan fingerprint density at radius 2 is 1.67 bits per heavy atom. The molecule has 8 heteroatoms. The minimum atomic E-state index is -3.41. The summed E-state index contributed by atoms with van der Waals surface area (Å²) in [4.78, 5) is 2.02. The highest BCUT2D eigenvalue weighted by atomic mass is 32.2. The van der Waals surface area contributed by atoms with Gasteiger partial charge in [0.05, 0.1) is 11.4 Å². The van der Waals surface area contributed by atoms with Crippen molar-refractivity contribution in [2.24, 2.45) is 0 Å². The molecule has 0 saturated carbocycles. The van der Waals surface area contributed by atoms with Crippen LogP contribution in [0.25, 0.3) is 0 Å². The van der Waals surface area contributed by atoms with E-state index in [0.29, 0.717) is 31.7 Å². The number of benzene rings is 1. The van der Waals surface area contributed by atoms with Gasteiger partial charge < -0.3 is 4.90 Å². The zero-order valence-corrected chi connectivity index (χ0v) is 14.2. The third-order valence-electron chi connectivity index (χ3n) is 4.00. The van der Waals surface area contributed by atoms with Crippen molar-refractivity contribution in [1.82, 2.24) is 14.5 Å². The van der Waals surface area contributed by atoms with Gasteiger partial charge >= 0.3 is 0 Å². The van der Waals surface area contributed by atoms with E-state index in [1.807, 2.05) is 24.0 Å². The molecule has 1 aromatic heterocycles. The van der Waals surface area contributed by atoms with Gasteiger partial charge in [-0.2, -0.15) is 9.40 Å². The van der Waals surface area contributed by atoms with Crippen LogP contribution in [-0.4, -0.2) is 49.1 Å². The zero-order chi connectivity index (χ0) is 17.2. The van der Waals surface area contributed by atoms with Crippen molar-refractivity contribution in [1.29, 1.82) is 0 Å². The molecule has 0 spiro atoms. The van der Waals surface area contributed by atoms with Crippen LogP contribution < -0.4 is 4.90 Å². The molecule has 6 nitrogen and oxygen atoms in total. The van der Waals surface area contributed by atoms with Gasteiger partial charge in [-0.1, -0.05) is 12.1 Å². The summed E-state index contributed by atoms with van der Waals surface area (Å²) in [6, 6.07) is 9.35. The summed E-state index contributed by atoms with van der Waals surface area (Å²) < 4.78 is 39.4. The molecule has 2 heterocycles. The Labute approximate surface area is 141 Å². The summed E-state index contributed by atoms with van der Waals surface area (Å²) in [6.07, 6.45) is 0. The van der Waals surface area contributed by atoms with E-state index in [1.165, 1.54) is 28.6 Å². The van der Waals surface area contributed by atoms with E-state index < -0.39 is 10.0 Å². The molecule has 0 amide bonds. The first-order valence-electron chi connectivity index (χ1n) is 7.71. The Kier molecular flexibility index (Phi) is 4.77. The average molecular weight is 350 g/mol. The summed E-state index contributed by atoms with van der Waals surface area (Å²) >= 11 is 0. The maximum absolute atomic E-state index is 12.9. The van der Waals surface area contributed by atoms with Crippen molar-refractivity contribution in [3.8, 4) is 0 Å². The second kappa shape index (κ2) is 6.82. The fourth-order valence-corrected chi connectivity index (χ4v) is 4.15. The Hall–Kier alpha value is -2.06. The average Bonchev–Trinajstić information content (AvgIpc) is 2.58. The van der Waals surface area contributed by atoms with Gasteiger partial charge in [0, 0.05) is 26.2 Å². The molecule has 1 aromatic carbocycles. The second-order valence-electron chi connectivity index (χ2n) is 5.80. The Morgan fingerprint density at radius 3 is 2.25 bits per heavy atom. The van der Waals surface area contributed by atoms with Crippen LogP contribution in [0.5, 0.6) is 0 Å². The van der Waals surface area contributed by atoms with Gasteiger partial charge in [0.15, 0.2) is 5.82 Å². The van der Waals surface area contributed by atoms with E-state index in [4.69, 9.17) is 0 Å². The van der Waals surface area contributed by atoms with Crippen molar-refractivity contribution < 1.29 is 12.8 Å². The molecule has 1 saturated heterocycles. The number of aryl methyl sites for hydroxylation is 1. The van der Waals surface area contributed by atoms with E-state index >= 15 is 0 Å². The smallest absolute Gasteiger partial charge is 0.218 e. The molecule has 0 bridgehead atoms. The maximum atomic E-state index is 12.9. The van der Waals surface area contributed by atoms with E-state index in [1.54, 1.807) is 0 Å². The predicted molar refractivity (Wildman–Crippen MR) is 89.6 cm³/mol. The monoisotopic (exact) mass is 350 g/mol. The topological polar surface area (TPSA) is 66.4 Å². The normalized spacial score (nSPS) is 16.3. The first-order valence-corrected chi connectivity index (χ1v) is 9.32. The number of hydrogen-bond donors (Lipinski definition) is 0. The molecule has 1 aliphatic rings. The third kappa shape index (κ3) is 3.88. The lowest BCUT2D eigenvalue weighted by atomic mass is 10.2. The van der Waals surface area contributed by atoms with Gasteiger partial charge in [0.25, 0.3) is 0 Å². The van der Waals surface area contributed by atoms with Crippen molar-refractivity contribution in [3.05, 3.63) is 53.5 Å². The lowest BCUT2D eigenvalue weighted by molar-refractivity contribution is 0.383. The number of aromatic nitrogens is 2. The first kappa shape index (κ1) is 16.8. The number of piperazine rings is 1. The predicted octanol–water partition coefficient (Wildman–Crippen LogP) is 1.58. The fraction of sp³-hybridized carbons (Fsp3) is 0.375. The Bertz CT molecular complexity index is 786. The van der Waals surface area contributed by atoms with E-state index in [0.717, 1.165) is 11.5 Å². The molecule has 1 fully saturated rings. The van der Waals surface area contributed by atoms with Gasteiger partial charge in [0.2, 0.25) is 10.0 Å². The zero-order valence-electron chi connectivity index (χ0n) is 13.4. The summed E-state index contributed by atoms with van der Waals surface area (Å²) in [5.41, 5.74) is 1.43. The molecule has 128 valence electrons. The van der Waals surface area contributed by atoms with Gasteiger partial charge in [-0.15, -0.1) is 5.10 Å². The number of hydrogen-bond acceptors (Lipinski definition) is 5. The van der Waals surface area contributed by atoms with Gasteiger partial charge in [-0.3, -0.25) is 0 Å². The lowest BCUT2D eigenvalue weighted by Crippen LogP contribution is -2.49. The Balaban J connectivity index is 1.62. The molecule has 0 radical (unpaired) electrons. The number of nitrogens with zero attached hydrogens (tertiary/aromatic N) is 4. The van der Waals surface area contributed by atoms with Crippen LogP contribution >= 0.6 is 0 Å². The highest BCUT2D eigenvalue weighted by Gasteiger charge is 2.27. The molecule has 3 rings (SSSR count). The summed E-state index contributed by atoms with van der Waals surface area (Å²) in [6.45, 7) is 3.82. The minimum absolute atomic E-state index is 0.113. The molecule has 0 aliphatic carbocycles. The molecule has 2 aromatic rings. The largest absolute Gasteiger partial charge is 0.352 e. The molecule has 0 atom stereocenters. The van der Waals surface area contributed by atoms with Crippen molar-refractivity contribution >= 4 is 15.8 Å². The van der Waals surface area contributed by atoms with E-state index in [-0.39, 0.29) is 11.6 Å². The van der Waals surface area contributed by atoms with E-state index in [2.05, 4.69) is 10.2 Å². The minimum Gasteiger partial charge on any atom is -0.352 e. The van der Waals surface area contributed by atoms with Crippen LogP contribution in [0, 0.1) is 12.7 Å². The Morgan fingerprint density at radius 1 is 1.00 bits per heavy atom. The van der Waals surface area contributed by atoms with Crippen molar-refractivity contribution in [2.75, 3.05) is 31.1 Å². The lowest BCUT2D eigenvalue weighted by Gasteiger charge is -2.34.